The van der Waals surface area contributed by atoms with Crippen LogP contribution >= 0.6 is 0 Å². The monoisotopic (exact) mass is 277 g/mol. The summed E-state index contributed by atoms with van der Waals surface area (Å²) >= 11 is 0. The van der Waals surface area contributed by atoms with Crippen LogP contribution in [0.4, 0.5) is 18.9 Å². The number of benzene rings is 1. The van der Waals surface area contributed by atoms with Crippen molar-refractivity contribution in [2.45, 2.75) is 32.5 Å². The Kier molecular flexibility index (Phi) is 5.20. The van der Waals surface area contributed by atoms with Gasteiger partial charge >= 0.3 is 0 Å². The highest BCUT2D eigenvalue weighted by Crippen LogP contribution is 2.17. The Bertz CT molecular complexity index is 409. The van der Waals surface area contributed by atoms with Crippen molar-refractivity contribution < 1.29 is 23.0 Å². The number of rotatable bonds is 5. The molecule has 0 amide bonds. The Morgan fingerprint density at radius 1 is 1.21 bits per heavy atom. The van der Waals surface area contributed by atoms with E-state index in [1.54, 1.807) is 0 Å². The molecule has 1 unspecified atom stereocenters. The summed E-state index contributed by atoms with van der Waals surface area (Å²) in [4.78, 5) is 0. The molecule has 0 saturated carbocycles. The van der Waals surface area contributed by atoms with E-state index in [1.807, 2.05) is 20.8 Å². The van der Waals surface area contributed by atoms with E-state index in [9.17, 15) is 18.3 Å². The molecule has 0 aliphatic carbocycles. The van der Waals surface area contributed by atoms with Crippen LogP contribution in [0.1, 0.15) is 20.8 Å². The van der Waals surface area contributed by atoms with Gasteiger partial charge in [0.2, 0.25) is 0 Å². The Hall–Kier alpha value is -1.27. The maximum absolute atomic E-state index is 12.9. The van der Waals surface area contributed by atoms with Crippen molar-refractivity contribution in [2.75, 3.05) is 18.5 Å². The lowest BCUT2D eigenvalue weighted by atomic mass is 10.2. The van der Waals surface area contributed by atoms with Gasteiger partial charge in [-0.15, -0.1) is 0 Å². The van der Waals surface area contributed by atoms with E-state index in [0.717, 1.165) is 12.1 Å². The molecule has 6 heteroatoms. The van der Waals surface area contributed by atoms with Crippen molar-refractivity contribution in [3.63, 3.8) is 0 Å². The van der Waals surface area contributed by atoms with Gasteiger partial charge in [-0.25, -0.2) is 13.2 Å². The largest absolute Gasteiger partial charge is 0.389 e. The van der Waals surface area contributed by atoms with E-state index in [0.29, 0.717) is 0 Å². The molecule has 1 rings (SSSR count). The molecule has 0 fully saturated rings. The van der Waals surface area contributed by atoms with Gasteiger partial charge in [-0.2, -0.15) is 0 Å². The zero-order valence-electron chi connectivity index (χ0n) is 11.1. The Balaban J connectivity index is 2.48. The van der Waals surface area contributed by atoms with E-state index >= 15 is 0 Å². The first kappa shape index (κ1) is 15.8. The second-order valence-corrected chi connectivity index (χ2v) is 5.21. The lowest BCUT2D eigenvalue weighted by Gasteiger charge is -2.22. The van der Waals surface area contributed by atoms with Crippen molar-refractivity contribution in [3.05, 3.63) is 29.6 Å². The minimum atomic E-state index is -1.51. The molecular weight excluding hydrogens is 259 g/mol. The average molecular weight is 277 g/mol. The molecule has 19 heavy (non-hydrogen) atoms. The molecule has 1 aromatic carbocycles. The highest BCUT2D eigenvalue weighted by molar-refractivity contribution is 5.44. The molecule has 0 spiro atoms. The summed E-state index contributed by atoms with van der Waals surface area (Å²) in [6, 6.07) is 1.66. The highest BCUT2D eigenvalue weighted by Gasteiger charge is 2.14. The summed E-state index contributed by atoms with van der Waals surface area (Å²) in [5.74, 6) is -4.06. The number of hydrogen-bond donors (Lipinski definition) is 2. The number of ether oxygens (including phenoxy) is 1. The second-order valence-electron chi connectivity index (χ2n) is 5.21. The molecule has 0 aliphatic rings. The van der Waals surface area contributed by atoms with Gasteiger partial charge in [0, 0.05) is 24.4 Å². The van der Waals surface area contributed by atoms with Crippen molar-refractivity contribution in [3.8, 4) is 0 Å². The zero-order valence-corrected chi connectivity index (χ0v) is 11.1. The van der Waals surface area contributed by atoms with E-state index < -0.39 is 23.6 Å². The predicted molar refractivity (Wildman–Crippen MR) is 66.5 cm³/mol. The fraction of sp³-hybridized carbons (Fsp3) is 0.538. The summed E-state index contributed by atoms with van der Waals surface area (Å²) in [7, 11) is 0. The lowest BCUT2D eigenvalue weighted by molar-refractivity contribution is -0.0449. The molecule has 108 valence electrons. The minimum Gasteiger partial charge on any atom is -0.389 e. The lowest BCUT2D eigenvalue weighted by Crippen LogP contribution is -2.30. The fourth-order valence-electron chi connectivity index (χ4n) is 1.30. The Labute approximate surface area is 110 Å². The molecule has 1 atom stereocenters. The van der Waals surface area contributed by atoms with Gasteiger partial charge in [0.05, 0.1) is 18.3 Å². The van der Waals surface area contributed by atoms with Crippen LogP contribution in [0, 0.1) is 17.5 Å². The van der Waals surface area contributed by atoms with Crippen molar-refractivity contribution in [2.24, 2.45) is 0 Å². The number of anilines is 1. The first-order chi connectivity index (χ1) is 8.69. The van der Waals surface area contributed by atoms with Gasteiger partial charge in [0.1, 0.15) is 0 Å². The first-order valence-electron chi connectivity index (χ1n) is 5.89. The number of nitrogens with one attached hydrogen (secondary N) is 1. The van der Waals surface area contributed by atoms with E-state index in [2.05, 4.69) is 5.32 Å². The van der Waals surface area contributed by atoms with Crippen molar-refractivity contribution in [1.82, 2.24) is 0 Å². The van der Waals surface area contributed by atoms with Crippen LogP contribution in [-0.4, -0.2) is 30.0 Å². The van der Waals surface area contributed by atoms with Crippen LogP contribution in [0.2, 0.25) is 0 Å². The van der Waals surface area contributed by atoms with Gasteiger partial charge in [-0.05, 0) is 20.8 Å². The van der Waals surface area contributed by atoms with Gasteiger partial charge < -0.3 is 15.2 Å². The molecule has 0 saturated heterocycles. The molecular formula is C13H18F3NO2. The number of hydrogen-bond acceptors (Lipinski definition) is 3. The quantitative estimate of drug-likeness (QED) is 0.813. The van der Waals surface area contributed by atoms with E-state index in [-0.39, 0.29) is 24.4 Å². The first-order valence-corrected chi connectivity index (χ1v) is 5.89. The van der Waals surface area contributed by atoms with Crippen LogP contribution in [0.15, 0.2) is 12.1 Å². The van der Waals surface area contributed by atoms with Crippen LogP contribution in [0.5, 0.6) is 0 Å². The molecule has 0 heterocycles. The fourth-order valence-corrected chi connectivity index (χ4v) is 1.30. The maximum Gasteiger partial charge on any atom is 0.194 e. The third-order valence-corrected chi connectivity index (χ3v) is 2.23. The molecule has 0 aromatic heterocycles. The van der Waals surface area contributed by atoms with Crippen LogP contribution in [0.3, 0.4) is 0 Å². The van der Waals surface area contributed by atoms with Gasteiger partial charge in [-0.1, -0.05) is 0 Å². The summed E-state index contributed by atoms with van der Waals surface area (Å²) in [6.07, 6.45) is -0.838. The second kappa shape index (κ2) is 6.25. The van der Waals surface area contributed by atoms with E-state index in [4.69, 9.17) is 4.74 Å². The smallest absolute Gasteiger partial charge is 0.194 e. The molecule has 0 bridgehead atoms. The highest BCUT2D eigenvalue weighted by atomic mass is 19.2. The average Bonchev–Trinajstić information content (AvgIpc) is 2.29. The van der Waals surface area contributed by atoms with Gasteiger partial charge in [0.25, 0.3) is 0 Å². The van der Waals surface area contributed by atoms with Gasteiger partial charge in [0.15, 0.2) is 17.5 Å². The van der Waals surface area contributed by atoms with Gasteiger partial charge in [-0.3, -0.25) is 0 Å². The molecule has 0 radical (unpaired) electrons. The predicted octanol–water partition coefficient (Wildman–Crippen LogP) is 2.69. The van der Waals surface area contributed by atoms with Crippen LogP contribution in [0.25, 0.3) is 0 Å². The SMILES string of the molecule is CC(C)(C)OCC(O)CNc1cc(F)c(F)c(F)c1. The summed E-state index contributed by atoms with van der Waals surface area (Å²) in [5.41, 5.74) is -0.319. The standard InChI is InChI=1S/C13H18F3NO2/c1-13(2,3)19-7-9(18)6-17-8-4-10(14)12(16)11(15)5-8/h4-5,9,17-18H,6-7H2,1-3H3. The minimum absolute atomic E-state index is 0.0423. The summed E-state index contributed by atoms with van der Waals surface area (Å²) in [6.45, 7) is 5.66. The molecule has 2 N–H and O–H groups in total. The Morgan fingerprint density at radius 2 is 1.74 bits per heavy atom. The maximum atomic E-state index is 12.9. The topological polar surface area (TPSA) is 41.5 Å². The van der Waals surface area contributed by atoms with E-state index in [1.165, 1.54) is 0 Å². The van der Waals surface area contributed by atoms with Crippen molar-refractivity contribution >= 4 is 5.69 Å². The molecule has 1 aromatic rings. The van der Waals surface area contributed by atoms with Crippen molar-refractivity contribution in [1.29, 1.82) is 0 Å². The summed E-state index contributed by atoms with van der Waals surface area (Å²) in [5, 5.41) is 12.2. The normalized spacial score (nSPS) is 13.4. The molecule has 3 nitrogen and oxygen atoms in total. The van der Waals surface area contributed by atoms with Crippen LogP contribution in [-0.2, 0) is 4.74 Å². The molecule has 0 aliphatic heterocycles. The number of aliphatic hydroxyl groups is 1. The summed E-state index contributed by atoms with van der Waals surface area (Å²) < 4.78 is 43.9. The number of halogens is 3. The number of aliphatic hydroxyl groups excluding tert-OH is 1. The third-order valence-electron chi connectivity index (χ3n) is 2.23. The third kappa shape index (κ3) is 5.48. The zero-order chi connectivity index (χ0) is 14.6. The van der Waals surface area contributed by atoms with Crippen LogP contribution < -0.4 is 5.32 Å². The Morgan fingerprint density at radius 3 is 2.21 bits per heavy atom.